The van der Waals surface area contributed by atoms with Gasteiger partial charge < -0.3 is 4.74 Å². The van der Waals surface area contributed by atoms with Gasteiger partial charge in [-0.2, -0.15) is 0 Å². The monoisotopic (exact) mass is 326 g/mol. The fourth-order valence-electron chi connectivity index (χ4n) is 2.70. The molecule has 0 radical (unpaired) electrons. The molecule has 0 atom stereocenters. The molecule has 18 heavy (non-hydrogen) atoms. The Bertz CT molecular complexity index is 492. The van der Waals surface area contributed by atoms with Crippen molar-refractivity contribution >= 4 is 33.2 Å². The predicted molar refractivity (Wildman–Crippen MR) is 76.7 cm³/mol. The van der Waals surface area contributed by atoms with Crippen LogP contribution in [0, 0.1) is 12.3 Å². The number of methoxy groups -OCH3 is 1. The summed E-state index contributed by atoms with van der Waals surface area (Å²) >= 11 is 5.05. The van der Waals surface area contributed by atoms with Crippen LogP contribution in [-0.2, 0) is 14.9 Å². The van der Waals surface area contributed by atoms with Gasteiger partial charge in [0.25, 0.3) is 0 Å². The lowest BCUT2D eigenvalue weighted by Crippen LogP contribution is -2.38. The summed E-state index contributed by atoms with van der Waals surface area (Å²) < 4.78 is 6.00. The molecule has 1 aliphatic rings. The van der Waals surface area contributed by atoms with Gasteiger partial charge in [0.05, 0.1) is 21.2 Å². The van der Waals surface area contributed by atoms with E-state index in [-0.39, 0.29) is 5.97 Å². The van der Waals surface area contributed by atoms with Gasteiger partial charge in [-0.1, -0.05) is 25.2 Å². The Morgan fingerprint density at radius 2 is 2.17 bits per heavy atom. The van der Waals surface area contributed by atoms with E-state index in [4.69, 9.17) is 11.2 Å². The number of rotatable bonds is 2. The second-order valence-corrected chi connectivity index (χ2v) is 6.95. The summed E-state index contributed by atoms with van der Waals surface area (Å²) in [4.78, 5) is 13.1. The highest BCUT2D eigenvalue weighted by Gasteiger charge is 2.44. The Hall–Kier alpha value is -0.790. The zero-order valence-electron chi connectivity index (χ0n) is 10.3. The molecule has 1 heterocycles. The van der Waals surface area contributed by atoms with Crippen LogP contribution in [0.15, 0.2) is 9.85 Å². The largest absolute Gasteiger partial charge is 0.468 e. The maximum absolute atomic E-state index is 12.2. The molecular weight excluding hydrogens is 312 g/mol. The molecule has 1 fully saturated rings. The van der Waals surface area contributed by atoms with Crippen LogP contribution in [0.2, 0.25) is 0 Å². The first-order chi connectivity index (χ1) is 8.64. The molecule has 96 valence electrons. The number of esters is 1. The summed E-state index contributed by atoms with van der Waals surface area (Å²) in [6, 6.07) is 1.96. The molecule has 1 aromatic rings. The number of hydrogen-bond acceptors (Lipinski definition) is 3. The number of thiophene rings is 1. The average Bonchev–Trinajstić information content (AvgIpc) is 2.80. The number of halogens is 1. The predicted octanol–water partition coefficient (Wildman–Crippen LogP) is 3.87. The quantitative estimate of drug-likeness (QED) is 0.609. The summed E-state index contributed by atoms with van der Waals surface area (Å²) in [6.45, 7) is 0. The van der Waals surface area contributed by atoms with Crippen molar-refractivity contribution in [1.82, 2.24) is 0 Å². The minimum absolute atomic E-state index is 0.135. The third-order valence-electron chi connectivity index (χ3n) is 3.63. The highest BCUT2D eigenvalue weighted by atomic mass is 79.9. The maximum atomic E-state index is 12.2. The van der Waals surface area contributed by atoms with Crippen molar-refractivity contribution in [2.45, 2.75) is 37.5 Å². The van der Waals surface area contributed by atoms with E-state index in [1.54, 1.807) is 0 Å². The lowest BCUT2D eigenvalue weighted by Gasteiger charge is -2.34. The summed E-state index contributed by atoms with van der Waals surface area (Å²) in [5, 5.41) is 0. The molecule has 1 saturated carbocycles. The lowest BCUT2D eigenvalue weighted by atomic mass is 9.70. The van der Waals surface area contributed by atoms with E-state index in [0.29, 0.717) is 0 Å². The van der Waals surface area contributed by atoms with E-state index in [1.807, 2.05) is 6.07 Å². The van der Waals surface area contributed by atoms with Gasteiger partial charge >= 0.3 is 5.97 Å². The van der Waals surface area contributed by atoms with Crippen LogP contribution in [0.25, 0.3) is 0 Å². The number of carbonyl (C=O) groups excluding carboxylic acids is 1. The lowest BCUT2D eigenvalue weighted by molar-refractivity contribution is -0.149. The number of hydrogen-bond donors (Lipinski definition) is 0. The molecule has 1 aromatic heterocycles. The Kier molecular flexibility index (Phi) is 4.14. The minimum Gasteiger partial charge on any atom is -0.468 e. The van der Waals surface area contributed by atoms with E-state index in [9.17, 15) is 4.79 Å². The van der Waals surface area contributed by atoms with Crippen molar-refractivity contribution in [2.75, 3.05) is 7.11 Å². The van der Waals surface area contributed by atoms with Gasteiger partial charge in [-0.25, -0.2) is 0 Å². The number of ether oxygens (including phenoxy) is 1. The van der Waals surface area contributed by atoms with E-state index < -0.39 is 5.41 Å². The van der Waals surface area contributed by atoms with Crippen LogP contribution in [-0.4, -0.2) is 13.1 Å². The normalized spacial score (nSPS) is 18.1. The molecular formula is C14H15BrO2S. The van der Waals surface area contributed by atoms with Crippen LogP contribution in [0.4, 0.5) is 0 Å². The Balaban J connectivity index is 2.49. The number of terminal acetylenes is 1. The summed E-state index contributed by atoms with van der Waals surface area (Å²) in [5.41, 5.74) is 0.504. The van der Waals surface area contributed by atoms with Crippen LogP contribution in [0.1, 0.15) is 42.5 Å². The summed E-state index contributed by atoms with van der Waals surface area (Å²) in [7, 11) is 1.46. The van der Waals surface area contributed by atoms with Crippen molar-refractivity contribution in [2.24, 2.45) is 0 Å². The van der Waals surface area contributed by atoms with Gasteiger partial charge in [-0.3, -0.25) is 4.79 Å². The molecule has 0 spiro atoms. The minimum atomic E-state index is -0.503. The second kappa shape index (κ2) is 5.46. The van der Waals surface area contributed by atoms with Crippen LogP contribution >= 0.6 is 27.3 Å². The molecule has 0 aromatic carbocycles. The van der Waals surface area contributed by atoms with E-state index in [2.05, 4.69) is 21.9 Å². The van der Waals surface area contributed by atoms with Gasteiger partial charge in [-0.15, -0.1) is 17.8 Å². The standard InChI is InChI=1S/C14H15BrO2S/c1-3-10-9-11(12(15)18-10)14(13(16)17-2)7-5-4-6-8-14/h1,9H,4-8H2,2H3. The third kappa shape index (κ3) is 2.22. The van der Waals surface area contributed by atoms with Gasteiger partial charge in [0, 0.05) is 0 Å². The number of carbonyl (C=O) groups is 1. The zero-order chi connectivity index (χ0) is 13.2. The van der Waals surface area contributed by atoms with E-state index >= 15 is 0 Å². The maximum Gasteiger partial charge on any atom is 0.316 e. The summed E-state index contributed by atoms with van der Waals surface area (Å²) in [6.07, 6.45) is 10.4. The van der Waals surface area contributed by atoms with Crippen molar-refractivity contribution in [3.05, 3.63) is 20.3 Å². The SMILES string of the molecule is C#Cc1cc(C2(C(=O)OC)CCCCC2)c(Br)s1. The fourth-order valence-corrected chi connectivity index (χ4v) is 4.51. The summed E-state index contributed by atoms with van der Waals surface area (Å²) in [5.74, 6) is 2.50. The fraction of sp³-hybridized carbons (Fsp3) is 0.500. The molecule has 0 aliphatic heterocycles. The van der Waals surface area contributed by atoms with E-state index in [0.717, 1.165) is 39.9 Å². The Morgan fingerprint density at radius 1 is 1.50 bits per heavy atom. The van der Waals surface area contributed by atoms with Crippen molar-refractivity contribution in [1.29, 1.82) is 0 Å². The van der Waals surface area contributed by atoms with Crippen molar-refractivity contribution in [3.63, 3.8) is 0 Å². The van der Waals surface area contributed by atoms with E-state index in [1.165, 1.54) is 24.9 Å². The van der Waals surface area contributed by atoms with Gasteiger partial charge in [-0.05, 0) is 40.4 Å². The molecule has 4 heteroatoms. The molecule has 0 unspecified atom stereocenters. The zero-order valence-corrected chi connectivity index (χ0v) is 12.7. The van der Waals surface area contributed by atoms with Gasteiger partial charge in [0.1, 0.15) is 0 Å². The first-order valence-electron chi connectivity index (χ1n) is 5.99. The Labute approximate surface area is 120 Å². The van der Waals surface area contributed by atoms with Crippen LogP contribution in [0.5, 0.6) is 0 Å². The molecule has 0 amide bonds. The van der Waals surface area contributed by atoms with Gasteiger partial charge in [0.2, 0.25) is 0 Å². The smallest absolute Gasteiger partial charge is 0.316 e. The molecule has 2 nitrogen and oxygen atoms in total. The highest BCUT2D eigenvalue weighted by Crippen LogP contribution is 2.46. The second-order valence-electron chi connectivity index (χ2n) is 4.58. The molecule has 1 aliphatic carbocycles. The Morgan fingerprint density at radius 3 is 2.67 bits per heavy atom. The first-order valence-corrected chi connectivity index (χ1v) is 7.60. The topological polar surface area (TPSA) is 26.3 Å². The average molecular weight is 327 g/mol. The van der Waals surface area contributed by atoms with Crippen molar-refractivity contribution in [3.8, 4) is 12.3 Å². The molecule has 0 saturated heterocycles. The third-order valence-corrected chi connectivity index (χ3v) is 5.40. The highest BCUT2D eigenvalue weighted by molar-refractivity contribution is 9.11. The van der Waals surface area contributed by atoms with Crippen LogP contribution in [0.3, 0.4) is 0 Å². The van der Waals surface area contributed by atoms with Gasteiger partial charge in [0.15, 0.2) is 0 Å². The van der Waals surface area contributed by atoms with Crippen LogP contribution < -0.4 is 0 Å². The molecule has 0 bridgehead atoms. The first kappa shape index (κ1) is 13.6. The van der Waals surface area contributed by atoms with Crippen molar-refractivity contribution < 1.29 is 9.53 Å². The molecule has 2 rings (SSSR count). The molecule has 0 N–H and O–H groups in total.